The summed E-state index contributed by atoms with van der Waals surface area (Å²) in [4.78, 5) is 12.5. The summed E-state index contributed by atoms with van der Waals surface area (Å²) in [6, 6.07) is 34.9. The van der Waals surface area contributed by atoms with Crippen LogP contribution in [0.15, 0.2) is 103 Å². The summed E-state index contributed by atoms with van der Waals surface area (Å²) in [5, 5.41) is 2.24. The molecule has 0 saturated carbocycles. The molecule has 0 bridgehead atoms. The molecule has 0 spiro atoms. The first-order chi connectivity index (χ1) is 13.2. The van der Waals surface area contributed by atoms with Crippen molar-refractivity contribution >= 4 is 17.1 Å². The highest BCUT2D eigenvalue weighted by molar-refractivity contribution is 5.91. The topological polar surface area (TPSA) is 17.1 Å². The quantitative estimate of drug-likeness (QED) is 0.429. The lowest BCUT2D eigenvalue weighted by Crippen LogP contribution is -2.33. The zero-order valence-electron chi connectivity index (χ0n) is 15.3. The third-order valence-electron chi connectivity index (χ3n) is 5.40. The zero-order chi connectivity index (χ0) is 18.7. The Bertz CT molecular complexity index is 1010. The van der Waals surface area contributed by atoms with E-state index in [-0.39, 0.29) is 5.92 Å². The molecule has 0 aliphatic rings. The molecule has 1 nitrogen and oxygen atoms in total. The summed E-state index contributed by atoms with van der Waals surface area (Å²) in [6.45, 7) is 2.01. The number of carbonyl (C=O) groups excluding carboxylic acids is 1. The Morgan fingerprint density at radius 3 is 1.78 bits per heavy atom. The van der Waals surface area contributed by atoms with Crippen molar-refractivity contribution in [1.82, 2.24) is 0 Å². The van der Waals surface area contributed by atoms with E-state index in [1.165, 1.54) is 0 Å². The van der Waals surface area contributed by atoms with Gasteiger partial charge in [-0.05, 0) is 34.4 Å². The van der Waals surface area contributed by atoms with Crippen molar-refractivity contribution in [3.8, 4) is 0 Å². The molecule has 0 N–H and O–H groups in total. The largest absolute Gasteiger partial charge is 0.290 e. The summed E-state index contributed by atoms with van der Waals surface area (Å²) < 4.78 is 0. The second-order valence-corrected chi connectivity index (χ2v) is 7.09. The highest BCUT2D eigenvalue weighted by Crippen LogP contribution is 2.44. The van der Waals surface area contributed by atoms with Gasteiger partial charge in [-0.1, -0.05) is 103 Å². The minimum absolute atomic E-state index is 0.122. The highest BCUT2D eigenvalue weighted by Gasteiger charge is 2.39. The Kier molecular flexibility index (Phi) is 4.60. The lowest BCUT2D eigenvalue weighted by Gasteiger charge is -2.34. The van der Waals surface area contributed by atoms with Crippen molar-refractivity contribution < 1.29 is 4.79 Å². The third kappa shape index (κ3) is 3.06. The van der Waals surface area contributed by atoms with Crippen LogP contribution in [0.25, 0.3) is 10.8 Å². The van der Waals surface area contributed by atoms with Gasteiger partial charge < -0.3 is 0 Å². The summed E-state index contributed by atoms with van der Waals surface area (Å²) in [6.07, 6.45) is 2.43. The SMILES string of the molecule is CC([C]=O)(c1cccc2ccccc12)C(c1ccccc1)c1ccccc1. The maximum Gasteiger partial charge on any atom is 0.210 e. The summed E-state index contributed by atoms with van der Waals surface area (Å²) in [5.41, 5.74) is 2.42. The number of hydrogen-bond acceptors (Lipinski definition) is 1. The number of rotatable bonds is 5. The Morgan fingerprint density at radius 1 is 0.667 bits per heavy atom. The van der Waals surface area contributed by atoms with E-state index >= 15 is 0 Å². The molecule has 1 radical (unpaired) electrons. The molecule has 0 aliphatic heterocycles. The van der Waals surface area contributed by atoms with Gasteiger partial charge in [-0.2, -0.15) is 0 Å². The molecule has 131 valence electrons. The van der Waals surface area contributed by atoms with E-state index in [4.69, 9.17) is 0 Å². The molecule has 0 heterocycles. The average Bonchev–Trinajstić information content (AvgIpc) is 2.75. The monoisotopic (exact) mass is 349 g/mol. The van der Waals surface area contributed by atoms with E-state index < -0.39 is 5.41 Å². The van der Waals surface area contributed by atoms with E-state index in [0.717, 1.165) is 27.5 Å². The average molecular weight is 349 g/mol. The van der Waals surface area contributed by atoms with Gasteiger partial charge in [0, 0.05) is 5.92 Å². The lowest BCUT2D eigenvalue weighted by molar-refractivity contribution is 0.475. The zero-order valence-corrected chi connectivity index (χ0v) is 15.3. The third-order valence-corrected chi connectivity index (χ3v) is 5.40. The maximum absolute atomic E-state index is 12.5. The molecule has 0 saturated heterocycles. The molecule has 1 heteroatoms. The number of hydrogen-bond donors (Lipinski definition) is 0. The van der Waals surface area contributed by atoms with Crippen molar-refractivity contribution in [1.29, 1.82) is 0 Å². The van der Waals surface area contributed by atoms with Gasteiger partial charge in [0.1, 0.15) is 0 Å². The first-order valence-corrected chi connectivity index (χ1v) is 9.21. The maximum atomic E-state index is 12.5. The molecule has 1 unspecified atom stereocenters. The molecular formula is C26H21O. The van der Waals surface area contributed by atoms with Gasteiger partial charge >= 0.3 is 0 Å². The lowest BCUT2D eigenvalue weighted by atomic mass is 9.66. The fourth-order valence-electron chi connectivity index (χ4n) is 4.10. The molecular weight excluding hydrogens is 328 g/mol. The van der Waals surface area contributed by atoms with E-state index in [2.05, 4.69) is 54.8 Å². The first-order valence-electron chi connectivity index (χ1n) is 9.21. The van der Waals surface area contributed by atoms with E-state index in [1.807, 2.05) is 61.5 Å². The van der Waals surface area contributed by atoms with Crippen LogP contribution in [0.3, 0.4) is 0 Å². The highest BCUT2D eigenvalue weighted by atomic mass is 16.1. The van der Waals surface area contributed by atoms with Crippen molar-refractivity contribution in [3.63, 3.8) is 0 Å². The van der Waals surface area contributed by atoms with Crippen LogP contribution in [0.5, 0.6) is 0 Å². The van der Waals surface area contributed by atoms with Gasteiger partial charge in [0.05, 0.1) is 5.41 Å². The van der Waals surface area contributed by atoms with Crippen molar-refractivity contribution in [3.05, 3.63) is 120 Å². The van der Waals surface area contributed by atoms with Gasteiger partial charge in [-0.3, -0.25) is 4.79 Å². The predicted molar refractivity (Wildman–Crippen MR) is 112 cm³/mol. The van der Waals surface area contributed by atoms with Crippen LogP contribution < -0.4 is 0 Å². The Labute approximate surface area is 160 Å². The fourth-order valence-corrected chi connectivity index (χ4v) is 4.10. The minimum atomic E-state index is -0.816. The predicted octanol–water partition coefficient (Wildman–Crippen LogP) is 6.04. The molecule has 0 aliphatic carbocycles. The Morgan fingerprint density at radius 2 is 1.19 bits per heavy atom. The molecule has 0 amide bonds. The Balaban J connectivity index is 2.00. The normalized spacial score (nSPS) is 13.4. The van der Waals surface area contributed by atoms with Crippen LogP contribution in [-0.4, -0.2) is 6.29 Å². The smallest absolute Gasteiger partial charge is 0.210 e. The van der Waals surface area contributed by atoms with Crippen LogP contribution in [0.2, 0.25) is 0 Å². The molecule has 4 aromatic carbocycles. The second kappa shape index (κ2) is 7.20. The van der Waals surface area contributed by atoms with E-state index in [1.54, 1.807) is 0 Å². The summed E-state index contributed by atoms with van der Waals surface area (Å²) in [5.74, 6) is -0.122. The van der Waals surface area contributed by atoms with Crippen LogP contribution in [0.4, 0.5) is 0 Å². The van der Waals surface area contributed by atoms with Gasteiger partial charge in [0.2, 0.25) is 6.29 Å². The van der Waals surface area contributed by atoms with Crippen LogP contribution in [0.1, 0.15) is 29.5 Å². The summed E-state index contributed by atoms with van der Waals surface area (Å²) >= 11 is 0. The molecule has 27 heavy (non-hydrogen) atoms. The van der Waals surface area contributed by atoms with Crippen LogP contribution >= 0.6 is 0 Å². The molecule has 0 aromatic heterocycles. The van der Waals surface area contributed by atoms with Crippen molar-refractivity contribution in [2.75, 3.05) is 0 Å². The fraction of sp³-hybridized carbons (Fsp3) is 0.115. The second-order valence-electron chi connectivity index (χ2n) is 7.09. The van der Waals surface area contributed by atoms with Crippen molar-refractivity contribution in [2.45, 2.75) is 18.3 Å². The van der Waals surface area contributed by atoms with Gasteiger partial charge in [-0.15, -0.1) is 0 Å². The molecule has 4 aromatic rings. The van der Waals surface area contributed by atoms with Gasteiger partial charge in [0.15, 0.2) is 0 Å². The van der Waals surface area contributed by atoms with Crippen molar-refractivity contribution in [2.24, 2.45) is 0 Å². The van der Waals surface area contributed by atoms with Gasteiger partial charge in [-0.25, -0.2) is 0 Å². The summed E-state index contributed by atoms with van der Waals surface area (Å²) in [7, 11) is 0. The standard InChI is InChI=1S/C26H21O/c1-26(19-27,24-18-10-16-20-11-8-9-17-23(20)24)25(21-12-4-2-5-13-21)22-14-6-3-7-15-22/h2-18,25H,1H3. The van der Waals surface area contributed by atoms with Crippen LogP contribution in [0, 0.1) is 0 Å². The van der Waals surface area contributed by atoms with Crippen LogP contribution in [-0.2, 0) is 10.2 Å². The van der Waals surface area contributed by atoms with E-state index in [9.17, 15) is 4.79 Å². The van der Waals surface area contributed by atoms with Gasteiger partial charge in [0.25, 0.3) is 0 Å². The molecule has 1 atom stereocenters. The Hall–Kier alpha value is -3.19. The number of fused-ring (bicyclic) bond motifs is 1. The minimum Gasteiger partial charge on any atom is -0.290 e. The van der Waals surface area contributed by atoms with E-state index in [0.29, 0.717) is 0 Å². The molecule has 0 fully saturated rings. The molecule has 4 rings (SSSR count). The number of benzene rings is 4. The first kappa shape index (κ1) is 17.2.